The number of alkyl halides is 3. The molecule has 0 aliphatic rings. The summed E-state index contributed by atoms with van der Waals surface area (Å²) < 4.78 is 41.9. The standard InChI is InChI=1S/C17H18ClF3N8OS/c1-3-22-13-25-14(23-4-2)29-15(26-13)27-28(16(29)31)8-12(30)24-9-5-6-11(18)10(7-9)17(19,20)21/h5-7H,3-4,8H2,1-2H3,(H,24,30)(H2,22,23,25,26,27). The van der Waals surface area contributed by atoms with Crippen LogP contribution in [0.4, 0.5) is 30.8 Å². The van der Waals surface area contributed by atoms with Crippen molar-refractivity contribution in [3.63, 3.8) is 0 Å². The highest BCUT2D eigenvalue weighted by Crippen LogP contribution is 2.36. The second kappa shape index (κ2) is 9.06. The minimum Gasteiger partial charge on any atom is -0.355 e. The van der Waals surface area contributed by atoms with Crippen molar-refractivity contribution in [2.75, 3.05) is 29.0 Å². The van der Waals surface area contributed by atoms with Gasteiger partial charge in [-0.25, -0.2) is 9.08 Å². The first-order chi connectivity index (χ1) is 14.6. The average molecular weight is 475 g/mol. The monoisotopic (exact) mass is 474 g/mol. The number of fused-ring (bicyclic) bond motifs is 1. The fourth-order valence-corrected chi connectivity index (χ4v) is 3.20. The Labute approximate surface area is 184 Å². The molecule has 2 heterocycles. The number of aromatic nitrogens is 5. The van der Waals surface area contributed by atoms with Crippen LogP contribution in [0, 0.1) is 4.77 Å². The lowest BCUT2D eigenvalue weighted by Gasteiger charge is -2.11. The third kappa shape index (κ3) is 5.05. The Bertz CT molecular complexity index is 1180. The lowest BCUT2D eigenvalue weighted by Crippen LogP contribution is -2.20. The Hall–Kier alpha value is -2.93. The first-order valence-electron chi connectivity index (χ1n) is 9.16. The molecule has 0 aliphatic carbocycles. The summed E-state index contributed by atoms with van der Waals surface area (Å²) in [6, 6.07) is 3.10. The highest BCUT2D eigenvalue weighted by molar-refractivity contribution is 7.71. The van der Waals surface area contributed by atoms with E-state index in [9.17, 15) is 18.0 Å². The first kappa shape index (κ1) is 22.7. The summed E-state index contributed by atoms with van der Waals surface area (Å²) in [5.41, 5.74) is -1.10. The molecule has 0 saturated heterocycles. The zero-order chi connectivity index (χ0) is 22.8. The summed E-state index contributed by atoms with van der Waals surface area (Å²) in [4.78, 5) is 21.0. The van der Waals surface area contributed by atoms with Crippen molar-refractivity contribution in [3.05, 3.63) is 33.6 Å². The van der Waals surface area contributed by atoms with Gasteiger partial charge in [0.15, 0.2) is 0 Å². The van der Waals surface area contributed by atoms with E-state index in [1.165, 1.54) is 15.1 Å². The second-order valence-electron chi connectivity index (χ2n) is 6.25. The third-order valence-corrected chi connectivity index (χ3v) is 4.69. The maximum atomic E-state index is 13.0. The van der Waals surface area contributed by atoms with Crippen LogP contribution in [0.1, 0.15) is 19.4 Å². The molecule has 1 amide bonds. The summed E-state index contributed by atoms with van der Waals surface area (Å²) in [5, 5.41) is 12.2. The molecule has 9 nitrogen and oxygen atoms in total. The van der Waals surface area contributed by atoms with Crippen LogP contribution in [0.15, 0.2) is 18.2 Å². The van der Waals surface area contributed by atoms with Crippen LogP contribution in [0.25, 0.3) is 5.78 Å². The highest BCUT2D eigenvalue weighted by Gasteiger charge is 2.33. The number of carbonyl (C=O) groups is 1. The maximum Gasteiger partial charge on any atom is 0.417 e. The van der Waals surface area contributed by atoms with Crippen LogP contribution >= 0.6 is 23.8 Å². The highest BCUT2D eigenvalue weighted by atomic mass is 35.5. The quantitative estimate of drug-likeness (QED) is 0.447. The Balaban J connectivity index is 1.88. The topological polar surface area (TPSA) is 101 Å². The number of hydrogen-bond acceptors (Lipinski definition) is 7. The van der Waals surface area contributed by atoms with Gasteiger partial charge in [0.2, 0.25) is 22.6 Å². The molecule has 0 fully saturated rings. The lowest BCUT2D eigenvalue weighted by atomic mass is 10.2. The lowest BCUT2D eigenvalue weighted by molar-refractivity contribution is -0.137. The van der Waals surface area contributed by atoms with Gasteiger partial charge in [0.1, 0.15) is 6.54 Å². The number of carbonyl (C=O) groups excluding carboxylic acids is 1. The Morgan fingerprint density at radius 2 is 1.90 bits per heavy atom. The number of nitrogens with one attached hydrogen (secondary N) is 3. The van der Waals surface area contributed by atoms with E-state index in [4.69, 9.17) is 23.8 Å². The summed E-state index contributed by atoms with van der Waals surface area (Å²) in [7, 11) is 0. The Morgan fingerprint density at radius 3 is 2.55 bits per heavy atom. The van der Waals surface area contributed by atoms with E-state index in [-0.39, 0.29) is 22.8 Å². The molecular formula is C17H18ClF3N8OS. The van der Waals surface area contributed by atoms with Gasteiger partial charge in [-0.05, 0) is 44.3 Å². The smallest absolute Gasteiger partial charge is 0.355 e. The van der Waals surface area contributed by atoms with Gasteiger partial charge in [0.25, 0.3) is 5.78 Å². The van der Waals surface area contributed by atoms with E-state index in [0.29, 0.717) is 25.0 Å². The van der Waals surface area contributed by atoms with E-state index >= 15 is 0 Å². The molecular weight excluding hydrogens is 457 g/mol. The van der Waals surface area contributed by atoms with Crippen molar-refractivity contribution in [1.82, 2.24) is 24.1 Å². The zero-order valence-electron chi connectivity index (χ0n) is 16.4. The molecule has 0 bridgehead atoms. The minimum absolute atomic E-state index is 0.0560. The van der Waals surface area contributed by atoms with Crippen molar-refractivity contribution in [2.45, 2.75) is 26.6 Å². The number of nitrogens with zero attached hydrogens (tertiary/aromatic N) is 5. The Kier molecular flexibility index (Phi) is 6.65. The molecule has 2 aromatic heterocycles. The van der Waals surface area contributed by atoms with Crippen molar-refractivity contribution < 1.29 is 18.0 Å². The van der Waals surface area contributed by atoms with Gasteiger partial charge in [-0.3, -0.25) is 4.79 Å². The number of benzene rings is 1. The number of hydrogen-bond donors (Lipinski definition) is 3. The van der Waals surface area contributed by atoms with Crippen LogP contribution in [-0.2, 0) is 17.5 Å². The van der Waals surface area contributed by atoms with Crippen LogP contribution < -0.4 is 16.0 Å². The fraction of sp³-hybridized carbons (Fsp3) is 0.353. The largest absolute Gasteiger partial charge is 0.417 e. The molecule has 31 heavy (non-hydrogen) atoms. The van der Waals surface area contributed by atoms with Gasteiger partial charge in [0.05, 0.1) is 10.6 Å². The summed E-state index contributed by atoms with van der Waals surface area (Å²) >= 11 is 11.0. The van der Waals surface area contributed by atoms with Gasteiger partial charge < -0.3 is 16.0 Å². The van der Waals surface area contributed by atoms with Gasteiger partial charge in [-0.2, -0.15) is 23.1 Å². The molecule has 0 radical (unpaired) electrons. The van der Waals surface area contributed by atoms with E-state index in [1.54, 1.807) is 0 Å². The third-order valence-electron chi connectivity index (χ3n) is 3.97. The summed E-state index contributed by atoms with van der Waals surface area (Å²) in [5.74, 6) is 0.321. The zero-order valence-corrected chi connectivity index (χ0v) is 18.0. The summed E-state index contributed by atoms with van der Waals surface area (Å²) in [6.07, 6.45) is -4.65. The van der Waals surface area contributed by atoms with Gasteiger partial charge in [-0.15, -0.1) is 5.10 Å². The van der Waals surface area contributed by atoms with E-state index < -0.39 is 22.7 Å². The fourth-order valence-electron chi connectivity index (χ4n) is 2.70. The van der Waals surface area contributed by atoms with Crippen molar-refractivity contribution >= 4 is 53.1 Å². The molecule has 0 saturated carbocycles. The van der Waals surface area contributed by atoms with Crippen molar-refractivity contribution in [2.24, 2.45) is 0 Å². The van der Waals surface area contributed by atoms with Crippen molar-refractivity contribution in [3.8, 4) is 0 Å². The predicted molar refractivity (Wildman–Crippen MR) is 113 cm³/mol. The molecule has 0 unspecified atom stereocenters. The number of amides is 1. The normalized spacial score (nSPS) is 11.5. The Morgan fingerprint density at radius 1 is 1.19 bits per heavy atom. The molecule has 0 atom stereocenters. The van der Waals surface area contributed by atoms with Crippen molar-refractivity contribution in [1.29, 1.82) is 0 Å². The van der Waals surface area contributed by atoms with E-state index in [0.717, 1.165) is 12.1 Å². The minimum atomic E-state index is -4.65. The first-order valence-corrected chi connectivity index (χ1v) is 9.94. The molecule has 0 spiro atoms. The predicted octanol–water partition coefficient (Wildman–Crippen LogP) is 3.83. The molecule has 3 aromatic rings. The number of anilines is 3. The van der Waals surface area contributed by atoms with Gasteiger partial charge in [-0.1, -0.05) is 11.6 Å². The van der Waals surface area contributed by atoms with Crippen LogP contribution in [0.2, 0.25) is 5.02 Å². The number of rotatable bonds is 7. The maximum absolute atomic E-state index is 13.0. The summed E-state index contributed by atoms with van der Waals surface area (Å²) in [6.45, 7) is 4.57. The van der Waals surface area contributed by atoms with E-state index in [1.807, 2.05) is 13.8 Å². The average Bonchev–Trinajstić information content (AvgIpc) is 2.98. The SMILES string of the molecule is CCNc1nc(NCC)n2c(=S)n(CC(=O)Nc3ccc(Cl)c(C(F)(F)F)c3)nc2n1. The molecule has 166 valence electrons. The molecule has 0 aliphatic heterocycles. The van der Waals surface area contributed by atoms with Crippen LogP contribution in [-0.4, -0.2) is 43.1 Å². The van der Waals surface area contributed by atoms with Gasteiger partial charge >= 0.3 is 6.18 Å². The van der Waals surface area contributed by atoms with E-state index in [2.05, 4.69) is 31.0 Å². The van der Waals surface area contributed by atoms with Gasteiger partial charge in [0, 0.05) is 18.8 Å². The molecule has 3 rings (SSSR count). The molecule has 14 heteroatoms. The molecule has 3 N–H and O–H groups in total. The van der Waals surface area contributed by atoms with Crippen LogP contribution in [0.5, 0.6) is 0 Å². The number of halogens is 4. The molecule has 1 aromatic carbocycles. The second-order valence-corrected chi connectivity index (χ2v) is 7.02. The van der Waals surface area contributed by atoms with Crippen LogP contribution in [0.3, 0.4) is 0 Å².